The molecule has 2 aromatic rings. The number of nitrogens with one attached hydrogen (secondary N) is 1. The number of aromatic nitrogens is 2. The molecule has 0 amide bonds. The van der Waals surface area contributed by atoms with Gasteiger partial charge in [0.1, 0.15) is 0 Å². The highest BCUT2D eigenvalue weighted by Gasteiger charge is 2.01. The first-order valence-corrected chi connectivity index (χ1v) is 5.94. The van der Waals surface area contributed by atoms with E-state index in [2.05, 4.69) is 31.0 Å². The topological polar surface area (TPSA) is 37.8 Å². The third-order valence-corrected chi connectivity index (χ3v) is 3.11. The van der Waals surface area contributed by atoms with E-state index in [1.165, 1.54) is 17.2 Å². The van der Waals surface area contributed by atoms with E-state index in [0.29, 0.717) is 4.77 Å². The molecule has 1 N–H and O–H groups in total. The van der Waals surface area contributed by atoms with Crippen LogP contribution in [-0.4, -0.2) is 9.55 Å². The van der Waals surface area contributed by atoms with Crippen molar-refractivity contribution in [2.24, 2.45) is 0 Å². The number of nitrogens with zero attached hydrogens (tertiary/aromatic N) is 1. The predicted molar refractivity (Wildman–Crippen MR) is 71.3 cm³/mol. The molecule has 0 fully saturated rings. The summed E-state index contributed by atoms with van der Waals surface area (Å²) in [6.45, 7) is 4.22. The van der Waals surface area contributed by atoms with Gasteiger partial charge in [-0.1, -0.05) is 13.0 Å². The van der Waals surface area contributed by atoms with Gasteiger partial charge in [0, 0.05) is 18.0 Å². The van der Waals surface area contributed by atoms with Gasteiger partial charge in [0.2, 0.25) is 0 Å². The molecule has 4 heteroatoms. The SMILES string of the molecule is CCc1cc(-n2ccc(=O)[nH]c2=S)ccc1C. The minimum Gasteiger partial charge on any atom is -0.299 e. The van der Waals surface area contributed by atoms with Gasteiger partial charge in [0.05, 0.1) is 0 Å². The third kappa shape index (κ3) is 2.36. The maximum atomic E-state index is 11.1. The number of aromatic amines is 1. The van der Waals surface area contributed by atoms with E-state index in [9.17, 15) is 4.79 Å². The molecular formula is C13H14N2OS. The fourth-order valence-corrected chi connectivity index (χ4v) is 2.08. The maximum absolute atomic E-state index is 11.1. The predicted octanol–water partition coefficient (Wildman–Crippen LogP) is 2.77. The summed E-state index contributed by atoms with van der Waals surface area (Å²) in [5.74, 6) is 0. The van der Waals surface area contributed by atoms with Gasteiger partial charge in [-0.25, -0.2) is 0 Å². The first-order valence-electron chi connectivity index (χ1n) is 5.53. The molecule has 1 heterocycles. The summed E-state index contributed by atoms with van der Waals surface area (Å²) in [6, 6.07) is 7.65. The summed E-state index contributed by atoms with van der Waals surface area (Å²) in [4.78, 5) is 13.7. The Morgan fingerprint density at radius 3 is 2.76 bits per heavy atom. The van der Waals surface area contributed by atoms with Crippen LogP contribution < -0.4 is 5.56 Å². The van der Waals surface area contributed by atoms with E-state index in [1.807, 2.05) is 6.07 Å². The van der Waals surface area contributed by atoms with Crippen molar-refractivity contribution in [3.63, 3.8) is 0 Å². The molecule has 0 unspecified atom stereocenters. The highest BCUT2D eigenvalue weighted by Crippen LogP contribution is 2.15. The first-order chi connectivity index (χ1) is 8.11. The Morgan fingerprint density at radius 1 is 1.35 bits per heavy atom. The Bertz CT molecular complexity index is 655. The van der Waals surface area contributed by atoms with Crippen LogP contribution in [0.3, 0.4) is 0 Å². The van der Waals surface area contributed by atoms with Crippen molar-refractivity contribution in [1.29, 1.82) is 0 Å². The molecule has 88 valence electrons. The monoisotopic (exact) mass is 246 g/mol. The summed E-state index contributed by atoms with van der Waals surface area (Å²) in [5.41, 5.74) is 3.37. The minimum absolute atomic E-state index is 0.172. The Labute approximate surface area is 105 Å². The second-order valence-corrected chi connectivity index (χ2v) is 4.33. The molecule has 0 aliphatic rings. The van der Waals surface area contributed by atoms with Crippen molar-refractivity contribution in [3.05, 3.63) is 56.7 Å². The lowest BCUT2D eigenvalue weighted by Gasteiger charge is -2.09. The van der Waals surface area contributed by atoms with Gasteiger partial charge in [0.25, 0.3) is 5.56 Å². The highest BCUT2D eigenvalue weighted by molar-refractivity contribution is 7.71. The molecule has 0 spiro atoms. The van der Waals surface area contributed by atoms with Crippen molar-refractivity contribution in [2.75, 3.05) is 0 Å². The van der Waals surface area contributed by atoms with Crippen LogP contribution in [0.4, 0.5) is 0 Å². The number of aryl methyl sites for hydroxylation is 2. The summed E-state index contributed by atoms with van der Waals surface area (Å²) < 4.78 is 2.22. The zero-order valence-electron chi connectivity index (χ0n) is 9.86. The molecule has 0 saturated heterocycles. The van der Waals surface area contributed by atoms with Gasteiger partial charge in [0.15, 0.2) is 4.77 Å². The standard InChI is InChI=1S/C13H14N2OS/c1-3-10-8-11(5-4-9(10)2)15-7-6-12(16)14-13(15)17/h4-8H,3H2,1-2H3,(H,14,16,17). The number of hydrogen-bond acceptors (Lipinski definition) is 2. The van der Waals surface area contributed by atoms with Crippen molar-refractivity contribution in [3.8, 4) is 5.69 Å². The van der Waals surface area contributed by atoms with E-state index >= 15 is 0 Å². The van der Waals surface area contributed by atoms with Crippen molar-refractivity contribution in [1.82, 2.24) is 9.55 Å². The number of rotatable bonds is 2. The molecule has 0 bridgehead atoms. The second-order valence-electron chi connectivity index (χ2n) is 3.94. The number of hydrogen-bond donors (Lipinski definition) is 1. The van der Waals surface area contributed by atoms with Crippen LogP contribution in [0.2, 0.25) is 0 Å². The van der Waals surface area contributed by atoms with Crippen LogP contribution in [-0.2, 0) is 6.42 Å². The number of benzene rings is 1. The largest absolute Gasteiger partial charge is 0.299 e. The van der Waals surface area contributed by atoms with Crippen LogP contribution >= 0.6 is 12.2 Å². The molecule has 0 saturated carbocycles. The average Bonchev–Trinajstić information content (AvgIpc) is 2.30. The average molecular weight is 246 g/mol. The van der Waals surface area contributed by atoms with E-state index in [0.717, 1.165) is 12.1 Å². The Balaban J connectivity index is 2.61. The summed E-state index contributed by atoms with van der Waals surface area (Å²) >= 11 is 5.14. The smallest absolute Gasteiger partial charge is 0.251 e. The Kier molecular flexibility index (Phi) is 3.24. The van der Waals surface area contributed by atoms with Gasteiger partial charge < -0.3 is 0 Å². The lowest BCUT2D eigenvalue weighted by Crippen LogP contribution is -2.10. The lowest BCUT2D eigenvalue weighted by atomic mass is 10.1. The Hall–Kier alpha value is -1.68. The van der Waals surface area contributed by atoms with Crippen LogP contribution in [0, 0.1) is 11.7 Å². The molecular weight excluding hydrogens is 232 g/mol. The van der Waals surface area contributed by atoms with E-state index in [-0.39, 0.29) is 5.56 Å². The molecule has 0 aliphatic heterocycles. The fraction of sp³-hybridized carbons (Fsp3) is 0.231. The fourth-order valence-electron chi connectivity index (χ4n) is 1.81. The molecule has 1 aromatic heterocycles. The minimum atomic E-state index is -0.172. The zero-order chi connectivity index (χ0) is 12.4. The molecule has 17 heavy (non-hydrogen) atoms. The van der Waals surface area contributed by atoms with Crippen LogP contribution in [0.5, 0.6) is 0 Å². The normalized spacial score (nSPS) is 10.5. The highest BCUT2D eigenvalue weighted by atomic mass is 32.1. The maximum Gasteiger partial charge on any atom is 0.251 e. The van der Waals surface area contributed by atoms with E-state index < -0.39 is 0 Å². The lowest BCUT2D eigenvalue weighted by molar-refractivity contribution is 0.931. The summed E-state index contributed by atoms with van der Waals surface area (Å²) in [6.07, 6.45) is 2.68. The summed E-state index contributed by atoms with van der Waals surface area (Å²) in [5, 5.41) is 0. The van der Waals surface area contributed by atoms with Gasteiger partial charge >= 0.3 is 0 Å². The van der Waals surface area contributed by atoms with Crippen molar-refractivity contribution in [2.45, 2.75) is 20.3 Å². The zero-order valence-corrected chi connectivity index (χ0v) is 10.7. The van der Waals surface area contributed by atoms with Crippen LogP contribution in [0.1, 0.15) is 18.1 Å². The second kappa shape index (κ2) is 4.67. The number of H-pyrrole nitrogens is 1. The third-order valence-electron chi connectivity index (χ3n) is 2.82. The van der Waals surface area contributed by atoms with Crippen molar-refractivity contribution < 1.29 is 0 Å². The van der Waals surface area contributed by atoms with Gasteiger partial charge in [-0.15, -0.1) is 0 Å². The summed E-state index contributed by atoms with van der Waals surface area (Å²) in [7, 11) is 0. The quantitative estimate of drug-likeness (QED) is 0.827. The van der Waals surface area contributed by atoms with Crippen LogP contribution in [0.25, 0.3) is 5.69 Å². The van der Waals surface area contributed by atoms with E-state index in [4.69, 9.17) is 12.2 Å². The molecule has 2 rings (SSSR count). The molecule has 1 aromatic carbocycles. The molecule has 0 atom stereocenters. The Morgan fingerprint density at radius 2 is 2.12 bits per heavy atom. The van der Waals surface area contributed by atoms with Gasteiger partial charge in [-0.2, -0.15) is 0 Å². The first kappa shape index (κ1) is 11.8. The molecule has 3 nitrogen and oxygen atoms in total. The van der Waals surface area contributed by atoms with Gasteiger partial charge in [-0.05, 0) is 48.8 Å². The molecule has 0 aliphatic carbocycles. The van der Waals surface area contributed by atoms with E-state index in [1.54, 1.807) is 10.8 Å². The van der Waals surface area contributed by atoms with Gasteiger partial charge in [-0.3, -0.25) is 14.3 Å². The van der Waals surface area contributed by atoms with Crippen LogP contribution in [0.15, 0.2) is 35.3 Å². The molecule has 0 radical (unpaired) electrons. The van der Waals surface area contributed by atoms with Crippen molar-refractivity contribution >= 4 is 12.2 Å².